The van der Waals surface area contributed by atoms with Gasteiger partial charge in [0.15, 0.2) is 18.2 Å². The zero-order valence-corrected chi connectivity index (χ0v) is 19.7. The normalized spacial score (nSPS) is 20.3. The van der Waals surface area contributed by atoms with Crippen molar-refractivity contribution in [3.05, 3.63) is 18.2 Å². The molecule has 3 aliphatic heterocycles. The van der Waals surface area contributed by atoms with Crippen molar-refractivity contribution in [1.82, 2.24) is 20.0 Å². The number of methoxy groups -OCH3 is 1. The molecule has 2 unspecified atom stereocenters. The van der Waals surface area contributed by atoms with Crippen LogP contribution in [0.1, 0.15) is 6.92 Å². The highest BCUT2D eigenvalue weighted by molar-refractivity contribution is 7.52. The maximum absolute atomic E-state index is 13.4. The number of esters is 1. The van der Waals surface area contributed by atoms with Gasteiger partial charge in [0.2, 0.25) is 12.8 Å². The van der Waals surface area contributed by atoms with Crippen molar-refractivity contribution in [1.29, 1.82) is 0 Å². The Kier molecular flexibility index (Phi) is 7.24. The van der Waals surface area contributed by atoms with E-state index in [-0.39, 0.29) is 44.4 Å². The molecule has 3 aliphatic rings. The van der Waals surface area contributed by atoms with Gasteiger partial charge >= 0.3 is 31.4 Å². The molecule has 1 amide bonds. The Morgan fingerprint density at radius 2 is 2.20 bits per heavy atom. The summed E-state index contributed by atoms with van der Waals surface area (Å²) >= 11 is 0. The van der Waals surface area contributed by atoms with E-state index in [1.165, 1.54) is 37.4 Å². The van der Waals surface area contributed by atoms with Gasteiger partial charge in [-0.15, -0.1) is 0 Å². The highest BCUT2D eigenvalue weighted by Gasteiger charge is 2.41. The zero-order valence-electron chi connectivity index (χ0n) is 18.8. The second-order valence-electron chi connectivity index (χ2n) is 7.33. The van der Waals surface area contributed by atoms with E-state index in [2.05, 4.69) is 24.8 Å². The smallest absolute Gasteiger partial charge is 0.459 e. The Balaban J connectivity index is 1.34. The first-order chi connectivity index (χ1) is 16.8. The minimum absolute atomic E-state index is 0.0118. The van der Waals surface area contributed by atoms with Crippen molar-refractivity contribution in [3.63, 3.8) is 0 Å². The Morgan fingerprint density at radius 3 is 3.00 bits per heavy atom. The van der Waals surface area contributed by atoms with Crippen LogP contribution < -0.4 is 34.8 Å². The third-order valence-electron chi connectivity index (χ3n) is 4.82. The van der Waals surface area contributed by atoms with Crippen LogP contribution in [-0.4, -0.2) is 80.8 Å². The van der Waals surface area contributed by atoms with Gasteiger partial charge in [0, 0.05) is 6.07 Å². The number of rotatable bonds is 11. The number of fused-ring (bicyclic) bond motifs is 2. The first-order valence-electron chi connectivity index (χ1n) is 10.4. The number of carbonyl (C=O) groups excluding carboxylic acids is 2. The molecule has 1 aromatic carbocycles. The molecule has 3 heterocycles. The van der Waals surface area contributed by atoms with Crippen LogP contribution in [0.5, 0.6) is 17.2 Å². The van der Waals surface area contributed by atoms with Gasteiger partial charge in [0.25, 0.3) is 0 Å². The van der Waals surface area contributed by atoms with Gasteiger partial charge in [-0.05, 0) is 19.1 Å². The molecule has 0 radical (unpaired) electrons. The first kappa shape index (κ1) is 24.5. The van der Waals surface area contributed by atoms with Crippen molar-refractivity contribution in [3.8, 4) is 17.2 Å². The molecule has 0 fully saturated rings. The summed E-state index contributed by atoms with van der Waals surface area (Å²) in [5, 5.41) is 4.93. The van der Waals surface area contributed by atoms with Gasteiger partial charge in [-0.3, -0.25) is 19.8 Å². The second-order valence-corrected chi connectivity index (χ2v) is 9.02. The minimum atomic E-state index is -4.06. The standard InChI is InChI=1S/C19H23N6O9P/c1-11(18(27)29-2)24-35(28,34-12-3-4-13-14(7-12)32-10-31-13)33-6-5-30-9-25-8-21-15-16(25)22-19(20)23-17(15)26/h3-4,7-8,11,15H,5-6,9-10H2,1-2H3,(H3,20,23,24,26,28)/p+1/t11-,15?,35?/m1/s1. The maximum Gasteiger partial charge on any atom is 0.459 e. The third kappa shape index (κ3) is 5.73. The van der Waals surface area contributed by atoms with Gasteiger partial charge in [0.05, 0.1) is 20.3 Å². The Labute approximate surface area is 199 Å². The zero-order chi connectivity index (χ0) is 25.0. The number of nitrogens with zero attached hydrogens (tertiary/aromatic N) is 3. The number of hydrogen-bond donors (Lipinski definition) is 3. The molecule has 0 bridgehead atoms. The summed E-state index contributed by atoms with van der Waals surface area (Å²) in [5.74, 6) is 0.359. The summed E-state index contributed by atoms with van der Waals surface area (Å²) in [6.07, 6.45) is 1.41. The number of nitrogens with two attached hydrogens (primary N) is 1. The monoisotopic (exact) mass is 511 g/mol. The van der Waals surface area contributed by atoms with Crippen LogP contribution in [0.2, 0.25) is 0 Å². The molecule has 0 aliphatic carbocycles. The molecule has 0 aromatic heterocycles. The van der Waals surface area contributed by atoms with E-state index in [0.29, 0.717) is 17.3 Å². The summed E-state index contributed by atoms with van der Waals surface area (Å²) in [6.45, 7) is 1.32. The molecule has 0 saturated heterocycles. The van der Waals surface area contributed by atoms with Crippen LogP contribution in [0, 0.1) is 0 Å². The summed E-state index contributed by atoms with van der Waals surface area (Å²) in [5.41, 5.74) is 5.59. The molecule has 15 nitrogen and oxygen atoms in total. The van der Waals surface area contributed by atoms with Gasteiger partial charge in [0.1, 0.15) is 18.1 Å². The van der Waals surface area contributed by atoms with E-state index in [1.807, 2.05) is 0 Å². The molecule has 1 aromatic rings. The molecule has 4 rings (SSSR count). The molecule has 3 atom stereocenters. The number of aliphatic imine (C=N–C) groups is 1. The van der Waals surface area contributed by atoms with E-state index in [4.69, 9.17) is 29.0 Å². The van der Waals surface area contributed by atoms with Crippen molar-refractivity contribution in [2.24, 2.45) is 10.7 Å². The molecule has 0 saturated carbocycles. The second kappa shape index (κ2) is 10.3. The highest BCUT2D eigenvalue weighted by atomic mass is 31.2. The van der Waals surface area contributed by atoms with Crippen molar-refractivity contribution < 1.29 is 42.1 Å². The number of hydrogen-bond acceptors (Lipinski definition) is 12. The van der Waals surface area contributed by atoms with E-state index in [1.54, 1.807) is 6.07 Å². The number of nitrogens with one attached hydrogen (secondary N) is 2. The van der Waals surface area contributed by atoms with Gasteiger partial charge in [-0.2, -0.15) is 5.09 Å². The van der Waals surface area contributed by atoms with E-state index in [0.717, 1.165) is 0 Å². The average Bonchev–Trinajstić information content (AvgIpc) is 3.45. The van der Waals surface area contributed by atoms with Crippen LogP contribution in [0.4, 0.5) is 0 Å². The molecule has 4 N–H and O–H groups in total. The van der Waals surface area contributed by atoms with Gasteiger partial charge in [-0.25, -0.2) is 24.4 Å². The fraction of sp³-hybridized carbons (Fsp3) is 0.421. The van der Waals surface area contributed by atoms with Crippen molar-refractivity contribution in [2.45, 2.75) is 19.0 Å². The topological polar surface area (TPSA) is 186 Å². The summed E-state index contributed by atoms with van der Waals surface area (Å²) in [7, 11) is -2.85. The molecule has 35 heavy (non-hydrogen) atoms. The maximum atomic E-state index is 13.4. The number of amides is 1. The van der Waals surface area contributed by atoms with Crippen molar-refractivity contribution in [2.75, 3.05) is 33.8 Å². The Bertz CT molecular complexity index is 1150. The molecule has 188 valence electrons. The lowest BCUT2D eigenvalue weighted by molar-refractivity contribution is -0.142. The lowest BCUT2D eigenvalue weighted by Crippen LogP contribution is -2.53. The SMILES string of the molecule is COC(=O)[C@@H](C)NP(=O)(OCCOCN1C=NC2C(=O)NC(N)=[N+]=C21)Oc1ccc2c(c1)OCO2. The van der Waals surface area contributed by atoms with Gasteiger partial charge < -0.3 is 23.5 Å². The van der Waals surface area contributed by atoms with Gasteiger partial charge in [-0.1, -0.05) is 0 Å². The predicted molar refractivity (Wildman–Crippen MR) is 121 cm³/mol. The van der Waals surface area contributed by atoms with E-state index in [9.17, 15) is 14.2 Å². The molecule has 0 spiro atoms. The molecule has 16 heteroatoms. The van der Waals surface area contributed by atoms with Crippen LogP contribution in [0.3, 0.4) is 0 Å². The van der Waals surface area contributed by atoms with Crippen LogP contribution >= 0.6 is 7.75 Å². The number of carbonyl (C=O) groups is 2. The van der Waals surface area contributed by atoms with Crippen molar-refractivity contribution >= 4 is 37.8 Å². The van der Waals surface area contributed by atoms with Crippen LogP contribution in [-0.2, 0) is 28.2 Å². The molecular weight excluding hydrogens is 487 g/mol. The number of benzene rings is 1. The molecular formula is C19H24N6O9P+. The summed E-state index contributed by atoms with van der Waals surface area (Å²) in [6, 6.07) is 2.83. The minimum Gasteiger partial charge on any atom is -0.468 e. The summed E-state index contributed by atoms with van der Waals surface area (Å²) < 4.78 is 49.3. The quantitative estimate of drug-likeness (QED) is 0.138. The van der Waals surface area contributed by atoms with E-state index >= 15 is 0 Å². The first-order valence-corrected chi connectivity index (χ1v) is 11.9. The highest BCUT2D eigenvalue weighted by Crippen LogP contribution is 2.47. The van der Waals surface area contributed by atoms with Crippen LogP contribution in [0.25, 0.3) is 0 Å². The number of guanidine groups is 1. The average molecular weight is 511 g/mol. The van der Waals surface area contributed by atoms with E-state index < -0.39 is 25.8 Å². The Hall–Kier alpha value is -3.61. The fourth-order valence-electron chi connectivity index (χ4n) is 3.19. The lowest BCUT2D eigenvalue weighted by atomic mass is 10.2. The van der Waals surface area contributed by atoms with Crippen LogP contribution in [0.15, 0.2) is 23.2 Å². The third-order valence-corrected chi connectivity index (χ3v) is 6.50. The largest absolute Gasteiger partial charge is 0.468 e. The summed E-state index contributed by atoms with van der Waals surface area (Å²) in [4.78, 5) is 29.3. The predicted octanol–water partition coefficient (Wildman–Crippen LogP) is -1.33. The fourth-order valence-corrected chi connectivity index (χ4v) is 4.66. The number of amidine groups is 1. The number of ether oxygens (including phenoxy) is 4. The Morgan fingerprint density at radius 1 is 1.40 bits per heavy atom. The lowest BCUT2D eigenvalue weighted by Gasteiger charge is -2.22.